The van der Waals surface area contributed by atoms with Crippen LogP contribution in [0.5, 0.6) is 5.75 Å². The molecule has 3 rings (SSSR count). The summed E-state index contributed by atoms with van der Waals surface area (Å²) in [7, 11) is 1.08. The molecule has 1 saturated heterocycles. The maximum Gasteiger partial charge on any atom is 0.417 e. The summed E-state index contributed by atoms with van der Waals surface area (Å²) in [4.78, 5) is 19.4. The quantitative estimate of drug-likeness (QED) is 0.635. The molecule has 2 heterocycles. The molecule has 33 heavy (non-hydrogen) atoms. The highest BCUT2D eigenvalue weighted by Crippen LogP contribution is 2.59. The number of nitrogens with one attached hydrogen (secondary N) is 1. The molecule has 1 fully saturated rings. The molecule has 2 aromatic rings. The number of H-pyrrole nitrogens is 1. The number of rotatable bonds is 5. The van der Waals surface area contributed by atoms with Gasteiger partial charge in [0, 0.05) is 35.1 Å². The van der Waals surface area contributed by atoms with E-state index in [0.717, 1.165) is 26.2 Å². The minimum Gasteiger partial charge on any atom is -0.493 e. The number of aliphatic hydroxyl groups is 1. The highest BCUT2D eigenvalue weighted by molar-refractivity contribution is 5.41. The zero-order chi connectivity index (χ0) is 24.9. The number of aromatic nitrogens is 2. The fourth-order valence-corrected chi connectivity index (χ4v) is 4.35. The number of aryl methyl sites for hydroxylation is 1. The molecular formula is C22H25F5N2O4. The Labute approximate surface area is 186 Å². The summed E-state index contributed by atoms with van der Waals surface area (Å²) < 4.78 is 80.9. The Morgan fingerprint density at radius 2 is 1.97 bits per heavy atom. The van der Waals surface area contributed by atoms with Gasteiger partial charge in [-0.05, 0) is 26.8 Å². The molecule has 6 nitrogen and oxygen atoms in total. The minimum absolute atomic E-state index is 0.00291. The molecule has 0 aliphatic carbocycles. The normalized spacial score (nSPS) is 26.5. The topological polar surface area (TPSA) is 84.4 Å². The van der Waals surface area contributed by atoms with Crippen LogP contribution in [0, 0.1) is 24.5 Å². The van der Waals surface area contributed by atoms with Crippen LogP contribution in [0.4, 0.5) is 22.0 Å². The van der Waals surface area contributed by atoms with Crippen LogP contribution in [0.25, 0.3) is 0 Å². The molecule has 1 aromatic heterocycles. The second kappa shape index (κ2) is 8.68. The van der Waals surface area contributed by atoms with E-state index < -0.39 is 58.8 Å². The molecule has 182 valence electrons. The van der Waals surface area contributed by atoms with Gasteiger partial charge in [0.1, 0.15) is 11.9 Å². The number of aliphatic hydroxyl groups excluding tert-OH is 1. The van der Waals surface area contributed by atoms with Crippen molar-refractivity contribution < 1.29 is 36.5 Å². The third-order valence-electron chi connectivity index (χ3n) is 6.32. The zero-order valence-electron chi connectivity index (χ0n) is 18.7. The molecule has 1 aliphatic heterocycles. The maximum absolute atomic E-state index is 14.4. The Balaban J connectivity index is 2.23. The van der Waals surface area contributed by atoms with E-state index in [1.165, 1.54) is 20.8 Å². The Bertz CT molecular complexity index is 1100. The van der Waals surface area contributed by atoms with Gasteiger partial charge in [-0.15, -0.1) is 0 Å². The van der Waals surface area contributed by atoms with E-state index in [4.69, 9.17) is 9.47 Å². The summed E-state index contributed by atoms with van der Waals surface area (Å²) in [6.45, 7) is 5.12. The maximum atomic E-state index is 14.4. The number of hydrogen-bond acceptors (Lipinski definition) is 5. The summed E-state index contributed by atoms with van der Waals surface area (Å²) in [5.74, 6) is -5.77. The predicted octanol–water partition coefficient (Wildman–Crippen LogP) is 4.10. The molecule has 0 spiro atoms. The molecular weight excluding hydrogens is 451 g/mol. The molecule has 11 heteroatoms. The highest BCUT2D eigenvalue weighted by atomic mass is 19.4. The standard InChI is InChI=1S/C22H25F5N2O4/c1-9(30)8-13-11(3)28-19(29-20(13)31)18-15(10(2)21(4,33-18)22(25,26)27)12-6-7-14(23)16(24)17(12)32-5/h6-7,9-10,15,18,30H,8H2,1-5H3,(H,28,29,31)/t9?,10-,15-,18+,21+/m0/s1. The van der Waals surface area contributed by atoms with Gasteiger partial charge in [0.15, 0.2) is 17.2 Å². The van der Waals surface area contributed by atoms with Crippen LogP contribution in [-0.2, 0) is 11.2 Å². The second-order valence-corrected chi connectivity index (χ2v) is 8.51. The van der Waals surface area contributed by atoms with Gasteiger partial charge in [-0.2, -0.15) is 17.6 Å². The average molecular weight is 476 g/mol. The van der Waals surface area contributed by atoms with E-state index in [0.29, 0.717) is 0 Å². The second-order valence-electron chi connectivity index (χ2n) is 8.51. The first kappa shape index (κ1) is 25.1. The van der Waals surface area contributed by atoms with Crippen LogP contribution in [-0.4, -0.2) is 40.1 Å². The summed E-state index contributed by atoms with van der Waals surface area (Å²) >= 11 is 0. The first-order chi connectivity index (χ1) is 15.2. The molecule has 1 aliphatic rings. The number of hydrogen-bond donors (Lipinski definition) is 2. The molecule has 0 radical (unpaired) electrons. The Hall–Kier alpha value is -2.53. The number of aromatic amines is 1. The van der Waals surface area contributed by atoms with Crippen molar-refractivity contribution in [3.05, 3.63) is 56.8 Å². The van der Waals surface area contributed by atoms with E-state index in [9.17, 15) is 31.9 Å². The molecule has 0 amide bonds. The van der Waals surface area contributed by atoms with Gasteiger partial charge in [0.2, 0.25) is 5.82 Å². The number of ether oxygens (including phenoxy) is 2. The van der Waals surface area contributed by atoms with Gasteiger partial charge in [0.25, 0.3) is 5.56 Å². The van der Waals surface area contributed by atoms with Crippen LogP contribution in [0.1, 0.15) is 55.4 Å². The monoisotopic (exact) mass is 476 g/mol. The van der Waals surface area contributed by atoms with Crippen molar-refractivity contribution >= 4 is 0 Å². The van der Waals surface area contributed by atoms with Crippen LogP contribution in [0.2, 0.25) is 0 Å². The van der Waals surface area contributed by atoms with E-state index in [2.05, 4.69) is 9.97 Å². The molecule has 1 aromatic carbocycles. The third kappa shape index (κ3) is 4.23. The lowest BCUT2D eigenvalue weighted by Crippen LogP contribution is -2.46. The molecule has 0 bridgehead atoms. The van der Waals surface area contributed by atoms with Gasteiger partial charge < -0.3 is 19.6 Å². The smallest absolute Gasteiger partial charge is 0.417 e. The SMILES string of the molecule is COc1c([C@H]2[C@H](c3nc(C)c(CC(C)O)c(=O)[nH]3)O[C@@](C)(C(F)(F)F)[C@H]2C)ccc(F)c1F. The van der Waals surface area contributed by atoms with Crippen molar-refractivity contribution in [3.8, 4) is 5.75 Å². The summed E-state index contributed by atoms with van der Waals surface area (Å²) in [6.07, 6.45) is -7.10. The van der Waals surface area contributed by atoms with Crippen LogP contribution in [0.15, 0.2) is 16.9 Å². The van der Waals surface area contributed by atoms with E-state index in [1.807, 2.05) is 0 Å². The number of alkyl halides is 3. The largest absolute Gasteiger partial charge is 0.493 e. The average Bonchev–Trinajstić information content (AvgIpc) is 2.98. The number of benzene rings is 1. The van der Waals surface area contributed by atoms with Crippen molar-refractivity contribution in [2.45, 2.75) is 64.0 Å². The first-order valence-corrected chi connectivity index (χ1v) is 10.3. The van der Waals surface area contributed by atoms with E-state index in [1.54, 1.807) is 0 Å². The molecule has 0 saturated carbocycles. The predicted molar refractivity (Wildman–Crippen MR) is 108 cm³/mol. The van der Waals surface area contributed by atoms with Crippen molar-refractivity contribution in [2.75, 3.05) is 7.11 Å². The van der Waals surface area contributed by atoms with Crippen molar-refractivity contribution in [1.82, 2.24) is 9.97 Å². The molecule has 5 atom stereocenters. The Morgan fingerprint density at radius 1 is 1.33 bits per heavy atom. The molecule has 2 N–H and O–H groups in total. The fourth-order valence-electron chi connectivity index (χ4n) is 4.35. The Morgan fingerprint density at radius 3 is 2.48 bits per heavy atom. The summed E-state index contributed by atoms with van der Waals surface area (Å²) in [6, 6.07) is 1.94. The lowest BCUT2D eigenvalue weighted by atomic mass is 9.77. The van der Waals surface area contributed by atoms with Gasteiger partial charge in [0.05, 0.1) is 13.2 Å². The molecule has 1 unspecified atom stereocenters. The fraction of sp³-hybridized carbons (Fsp3) is 0.545. The van der Waals surface area contributed by atoms with Gasteiger partial charge in [-0.3, -0.25) is 4.79 Å². The van der Waals surface area contributed by atoms with E-state index >= 15 is 0 Å². The van der Waals surface area contributed by atoms with Gasteiger partial charge in [-0.1, -0.05) is 13.0 Å². The van der Waals surface area contributed by atoms with Gasteiger partial charge in [-0.25, -0.2) is 9.37 Å². The highest BCUT2D eigenvalue weighted by Gasteiger charge is 2.65. The van der Waals surface area contributed by atoms with Crippen molar-refractivity contribution in [2.24, 2.45) is 5.92 Å². The summed E-state index contributed by atoms with van der Waals surface area (Å²) in [5, 5.41) is 9.61. The summed E-state index contributed by atoms with van der Waals surface area (Å²) in [5.41, 5.74) is -2.97. The number of nitrogens with zero attached hydrogens (tertiary/aromatic N) is 1. The lowest BCUT2D eigenvalue weighted by Gasteiger charge is -2.32. The van der Waals surface area contributed by atoms with E-state index in [-0.39, 0.29) is 29.1 Å². The third-order valence-corrected chi connectivity index (χ3v) is 6.32. The minimum atomic E-state index is -4.81. The van der Waals surface area contributed by atoms with Crippen LogP contribution in [0.3, 0.4) is 0 Å². The van der Waals surface area contributed by atoms with Crippen LogP contribution < -0.4 is 10.3 Å². The van der Waals surface area contributed by atoms with Crippen molar-refractivity contribution in [3.63, 3.8) is 0 Å². The van der Waals surface area contributed by atoms with Crippen molar-refractivity contribution in [1.29, 1.82) is 0 Å². The Kier molecular flexibility index (Phi) is 6.60. The zero-order valence-corrected chi connectivity index (χ0v) is 18.7. The first-order valence-electron chi connectivity index (χ1n) is 10.3. The number of halogens is 5. The van der Waals surface area contributed by atoms with Crippen LogP contribution >= 0.6 is 0 Å². The lowest BCUT2D eigenvalue weighted by molar-refractivity contribution is -0.275. The number of methoxy groups -OCH3 is 1. The van der Waals surface area contributed by atoms with Gasteiger partial charge >= 0.3 is 6.18 Å².